The van der Waals surface area contributed by atoms with Crippen molar-refractivity contribution in [2.24, 2.45) is 0 Å². The van der Waals surface area contributed by atoms with E-state index in [-0.39, 0.29) is 10.6 Å². The van der Waals surface area contributed by atoms with Crippen LogP contribution in [0.1, 0.15) is 5.56 Å². The van der Waals surface area contributed by atoms with Gasteiger partial charge in [0.25, 0.3) is 5.69 Å². The Morgan fingerprint density at radius 3 is 2.74 bits per heavy atom. The first-order chi connectivity index (χ1) is 11.1. The number of nitro benzene ring substituents is 1. The predicted molar refractivity (Wildman–Crippen MR) is 89.5 cm³/mol. The summed E-state index contributed by atoms with van der Waals surface area (Å²) < 4.78 is 1.91. The molecular formula is C18H13N3O2. The van der Waals surface area contributed by atoms with E-state index in [2.05, 4.69) is 0 Å². The van der Waals surface area contributed by atoms with Crippen LogP contribution in [0.3, 0.4) is 0 Å². The standard InChI is InChI=1S/C18H13N3O2/c1-12-4-2-3-5-15(12)17-11-20-9-8-13-6-7-14(21(22)23)10-16(13)18(20)19-17/h2-11H,1H3. The van der Waals surface area contributed by atoms with Crippen molar-refractivity contribution in [3.05, 3.63) is 76.6 Å². The van der Waals surface area contributed by atoms with Gasteiger partial charge in [0.15, 0.2) is 0 Å². The van der Waals surface area contributed by atoms with E-state index >= 15 is 0 Å². The van der Waals surface area contributed by atoms with E-state index in [4.69, 9.17) is 4.98 Å². The molecule has 0 spiro atoms. The van der Waals surface area contributed by atoms with Gasteiger partial charge in [0, 0.05) is 35.5 Å². The van der Waals surface area contributed by atoms with Gasteiger partial charge in [-0.15, -0.1) is 0 Å². The van der Waals surface area contributed by atoms with Gasteiger partial charge >= 0.3 is 0 Å². The number of imidazole rings is 1. The molecule has 0 aliphatic carbocycles. The van der Waals surface area contributed by atoms with Crippen LogP contribution in [0.4, 0.5) is 5.69 Å². The van der Waals surface area contributed by atoms with Gasteiger partial charge in [0.05, 0.1) is 10.6 Å². The van der Waals surface area contributed by atoms with Gasteiger partial charge in [-0.1, -0.05) is 24.3 Å². The second kappa shape index (κ2) is 4.91. The highest BCUT2D eigenvalue weighted by atomic mass is 16.6. The molecule has 5 nitrogen and oxygen atoms in total. The Bertz CT molecular complexity index is 1070. The summed E-state index contributed by atoms with van der Waals surface area (Å²) in [5, 5.41) is 12.7. The van der Waals surface area contributed by atoms with Crippen molar-refractivity contribution in [3.8, 4) is 11.3 Å². The van der Waals surface area contributed by atoms with Gasteiger partial charge in [-0.25, -0.2) is 4.98 Å². The summed E-state index contributed by atoms with van der Waals surface area (Å²) in [6.45, 7) is 2.04. The van der Waals surface area contributed by atoms with Gasteiger partial charge in [-0.3, -0.25) is 10.1 Å². The molecule has 0 radical (unpaired) electrons. The molecule has 0 bridgehead atoms. The maximum absolute atomic E-state index is 11.0. The van der Waals surface area contributed by atoms with Crippen molar-refractivity contribution in [1.82, 2.24) is 9.38 Å². The number of fused-ring (bicyclic) bond motifs is 3. The molecule has 2 aromatic carbocycles. The SMILES string of the molecule is Cc1ccccc1-c1cn2ccc3ccc([N+](=O)[O-])cc3c2n1. The molecule has 0 saturated carbocycles. The fraction of sp³-hybridized carbons (Fsp3) is 0.0556. The van der Waals surface area contributed by atoms with Gasteiger partial charge in [0.2, 0.25) is 0 Å². The number of non-ortho nitro benzene ring substituents is 1. The number of nitro groups is 1. The van der Waals surface area contributed by atoms with Crippen molar-refractivity contribution in [2.75, 3.05) is 0 Å². The van der Waals surface area contributed by atoms with Crippen LogP contribution in [0.5, 0.6) is 0 Å². The maximum Gasteiger partial charge on any atom is 0.270 e. The number of aromatic nitrogens is 2. The summed E-state index contributed by atoms with van der Waals surface area (Å²) in [5.41, 5.74) is 3.87. The van der Waals surface area contributed by atoms with Crippen molar-refractivity contribution in [3.63, 3.8) is 0 Å². The van der Waals surface area contributed by atoms with E-state index < -0.39 is 0 Å². The minimum atomic E-state index is -0.381. The third kappa shape index (κ3) is 2.14. The Morgan fingerprint density at radius 1 is 1.13 bits per heavy atom. The largest absolute Gasteiger partial charge is 0.306 e. The molecule has 4 rings (SSSR count). The summed E-state index contributed by atoms with van der Waals surface area (Å²) in [5.74, 6) is 0. The summed E-state index contributed by atoms with van der Waals surface area (Å²) in [6, 6.07) is 14.8. The molecule has 2 heterocycles. The second-order valence-corrected chi connectivity index (χ2v) is 5.52. The van der Waals surface area contributed by atoms with Crippen LogP contribution >= 0.6 is 0 Å². The van der Waals surface area contributed by atoms with E-state index in [0.29, 0.717) is 0 Å². The topological polar surface area (TPSA) is 60.4 Å². The molecule has 0 unspecified atom stereocenters. The molecule has 0 aliphatic rings. The smallest absolute Gasteiger partial charge is 0.270 e. The van der Waals surface area contributed by atoms with E-state index in [1.165, 1.54) is 6.07 Å². The van der Waals surface area contributed by atoms with Gasteiger partial charge in [-0.2, -0.15) is 0 Å². The number of aryl methyl sites for hydroxylation is 1. The molecule has 0 saturated heterocycles. The van der Waals surface area contributed by atoms with Crippen LogP contribution in [0.15, 0.2) is 60.9 Å². The molecule has 5 heteroatoms. The second-order valence-electron chi connectivity index (χ2n) is 5.52. The molecule has 112 valence electrons. The normalized spacial score (nSPS) is 11.2. The predicted octanol–water partition coefficient (Wildman–Crippen LogP) is 4.37. The van der Waals surface area contributed by atoms with Crippen molar-refractivity contribution in [1.29, 1.82) is 0 Å². The Morgan fingerprint density at radius 2 is 1.96 bits per heavy atom. The average Bonchev–Trinajstić information content (AvgIpc) is 2.99. The van der Waals surface area contributed by atoms with Crippen molar-refractivity contribution in [2.45, 2.75) is 6.92 Å². The minimum Gasteiger partial charge on any atom is -0.306 e. The van der Waals surface area contributed by atoms with Gasteiger partial charge < -0.3 is 4.40 Å². The molecule has 4 aromatic rings. The van der Waals surface area contributed by atoms with Crippen LogP contribution in [-0.2, 0) is 0 Å². The monoisotopic (exact) mass is 303 g/mol. The number of rotatable bonds is 2. The quantitative estimate of drug-likeness (QED) is 0.408. The molecule has 23 heavy (non-hydrogen) atoms. The number of pyridine rings is 1. The zero-order valence-corrected chi connectivity index (χ0v) is 12.4. The van der Waals surface area contributed by atoms with Crippen LogP contribution < -0.4 is 0 Å². The van der Waals surface area contributed by atoms with Crippen molar-refractivity contribution < 1.29 is 4.92 Å². The first-order valence-corrected chi connectivity index (χ1v) is 7.25. The molecule has 0 fully saturated rings. The molecule has 2 aromatic heterocycles. The maximum atomic E-state index is 11.0. The summed E-state index contributed by atoms with van der Waals surface area (Å²) in [6.07, 6.45) is 3.88. The highest BCUT2D eigenvalue weighted by Gasteiger charge is 2.12. The van der Waals surface area contributed by atoms with Crippen LogP contribution in [-0.4, -0.2) is 14.3 Å². The summed E-state index contributed by atoms with van der Waals surface area (Å²) in [7, 11) is 0. The molecule has 0 N–H and O–H groups in total. The van der Waals surface area contributed by atoms with Crippen LogP contribution in [0.25, 0.3) is 27.7 Å². The fourth-order valence-electron chi connectivity index (χ4n) is 2.85. The third-order valence-electron chi connectivity index (χ3n) is 4.06. The first kappa shape index (κ1) is 13.5. The Balaban J connectivity index is 2.01. The van der Waals surface area contributed by atoms with E-state index in [9.17, 15) is 10.1 Å². The zero-order valence-electron chi connectivity index (χ0n) is 12.4. The van der Waals surface area contributed by atoms with E-state index in [1.807, 2.05) is 54.0 Å². The Kier molecular flexibility index (Phi) is 2.87. The lowest BCUT2D eigenvalue weighted by Gasteiger charge is -2.00. The lowest BCUT2D eigenvalue weighted by Crippen LogP contribution is -1.89. The third-order valence-corrected chi connectivity index (χ3v) is 4.06. The highest BCUT2D eigenvalue weighted by molar-refractivity contribution is 5.96. The van der Waals surface area contributed by atoms with Crippen LogP contribution in [0.2, 0.25) is 0 Å². The molecule has 0 aliphatic heterocycles. The van der Waals surface area contributed by atoms with Gasteiger partial charge in [-0.05, 0) is 30.0 Å². The lowest BCUT2D eigenvalue weighted by atomic mass is 10.1. The minimum absolute atomic E-state index is 0.0750. The zero-order chi connectivity index (χ0) is 16.0. The first-order valence-electron chi connectivity index (χ1n) is 7.25. The van der Waals surface area contributed by atoms with Crippen LogP contribution in [0, 0.1) is 17.0 Å². The molecular weight excluding hydrogens is 290 g/mol. The number of nitrogens with zero attached hydrogens (tertiary/aromatic N) is 3. The lowest BCUT2D eigenvalue weighted by molar-refractivity contribution is -0.384. The number of benzene rings is 2. The fourth-order valence-corrected chi connectivity index (χ4v) is 2.85. The Labute approximate surface area is 132 Å². The summed E-state index contributed by atoms with van der Waals surface area (Å²) in [4.78, 5) is 15.4. The average molecular weight is 303 g/mol. The number of hydrogen-bond acceptors (Lipinski definition) is 3. The molecule has 0 atom stereocenters. The van der Waals surface area contributed by atoms with E-state index in [1.54, 1.807) is 12.1 Å². The van der Waals surface area contributed by atoms with E-state index in [0.717, 1.165) is 33.2 Å². The molecule has 0 amide bonds. The van der Waals surface area contributed by atoms with Crippen molar-refractivity contribution >= 4 is 22.1 Å². The number of hydrogen-bond donors (Lipinski definition) is 0. The summed E-state index contributed by atoms with van der Waals surface area (Å²) >= 11 is 0. The Hall–Kier alpha value is -3.21. The van der Waals surface area contributed by atoms with Gasteiger partial charge in [0.1, 0.15) is 5.65 Å². The highest BCUT2D eigenvalue weighted by Crippen LogP contribution is 2.28.